The summed E-state index contributed by atoms with van der Waals surface area (Å²) in [4.78, 5) is 0. The van der Waals surface area contributed by atoms with Gasteiger partial charge in [0, 0.05) is 0 Å². The zero-order valence-corrected chi connectivity index (χ0v) is 5.21. The van der Waals surface area contributed by atoms with Crippen LogP contribution in [0.2, 0.25) is 0 Å². The summed E-state index contributed by atoms with van der Waals surface area (Å²) in [5.74, 6) is 0. The lowest BCUT2D eigenvalue weighted by molar-refractivity contribution is 1.02. The number of nitrogens with one attached hydrogen (secondary N) is 1. The Morgan fingerprint density at radius 3 is 0.875 bits per heavy atom. The average Bonchev–Trinajstić information content (AvgIpc) is 1.46. The van der Waals surface area contributed by atoms with E-state index in [1.165, 1.54) is 0 Å². The molecule has 2 heteroatoms. The Kier molecular flexibility index (Phi) is 1590. The predicted octanol–water partition coefficient (Wildman–Crippen LogP) is 2.30. The molecule has 0 aliphatic rings. The first kappa shape index (κ1) is 44.5. The zero-order valence-electron chi connectivity index (χ0n) is 5.21. The molecule has 8 heavy (non-hydrogen) atoms. The molecule has 0 aliphatic heterocycles. The van der Waals surface area contributed by atoms with E-state index in [9.17, 15) is 0 Å². The molecule has 2 nitrogen and oxygen atoms in total. The van der Waals surface area contributed by atoms with Gasteiger partial charge in [0.2, 0.25) is 0 Å². The van der Waals surface area contributed by atoms with Gasteiger partial charge in [0.25, 0.3) is 0 Å². The van der Waals surface area contributed by atoms with Gasteiger partial charge in [-0.25, -0.2) is 0 Å². The minimum Gasteiger partial charge on any atom is -0.344 e. The van der Waals surface area contributed by atoms with Crippen LogP contribution in [0.1, 0.15) is 28.7 Å². The van der Waals surface area contributed by atoms with Gasteiger partial charge in [-0.15, -0.1) is 0 Å². The van der Waals surface area contributed by atoms with Crippen LogP contribution < -0.4 is 11.5 Å². The number of hydrogen-bond acceptors (Lipinski definition) is 2. The zero-order chi connectivity index (χ0) is 4.71. The van der Waals surface area contributed by atoms with Gasteiger partial charge in [-0.05, 0) is 14.1 Å². The molecular formula is C6H24N2. The van der Waals surface area contributed by atoms with E-state index < -0.39 is 0 Å². The summed E-state index contributed by atoms with van der Waals surface area (Å²) in [5.41, 5.74) is 0. The van der Waals surface area contributed by atoms with Crippen LogP contribution in [0.25, 0.3) is 0 Å². The summed E-state index contributed by atoms with van der Waals surface area (Å²) in [5, 5.41) is 2.75. The normalized spacial score (nSPS) is 3.00. The van der Waals surface area contributed by atoms with E-state index in [4.69, 9.17) is 0 Å². The van der Waals surface area contributed by atoms with Crippen LogP contribution in [-0.4, -0.2) is 14.1 Å². The second-order valence-electron chi connectivity index (χ2n) is 0.500. The summed E-state index contributed by atoms with van der Waals surface area (Å²) in [6, 6.07) is 0. The maximum absolute atomic E-state index is 2.75. The van der Waals surface area contributed by atoms with Crippen molar-refractivity contribution in [2.75, 3.05) is 14.1 Å². The van der Waals surface area contributed by atoms with Gasteiger partial charge in [0.15, 0.2) is 0 Å². The molecule has 0 unspecified atom stereocenters. The third kappa shape index (κ3) is 22400. The highest BCUT2D eigenvalue weighted by Gasteiger charge is 1.25. The average molecular weight is 124 g/mol. The van der Waals surface area contributed by atoms with Gasteiger partial charge >= 0.3 is 0 Å². The third-order valence-corrected chi connectivity index (χ3v) is 0. The van der Waals surface area contributed by atoms with Crippen LogP contribution in [0.15, 0.2) is 0 Å². The lowest BCUT2D eigenvalue weighted by atomic mass is 11.0. The Morgan fingerprint density at radius 2 is 0.875 bits per heavy atom. The molecule has 0 aliphatic carbocycles. The maximum atomic E-state index is 2.75. The Labute approximate surface area is 55.3 Å². The smallest absolute Gasteiger partial charge is 0.0167 e. The fraction of sp³-hybridized carbons (Fsp3) is 1.00. The van der Waals surface area contributed by atoms with E-state index in [0.717, 1.165) is 0 Å². The summed E-state index contributed by atoms with van der Waals surface area (Å²) < 4.78 is 0. The molecule has 0 radical (unpaired) electrons. The van der Waals surface area contributed by atoms with Crippen molar-refractivity contribution in [3.63, 3.8) is 0 Å². The monoisotopic (exact) mass is 124 g/mol. The highest BCUT2D eigenvalue weighted by molar-refractivity contribution is 3.91. The Hall–Kier alpha value is -0.0800. The van der Waals surface area contributed by atoms with Crippen molar-refractivity contribution in [1.29, 1.82) is 0 Å². The first-order valence-corrected chi connectivity index (χ1v) is 2.00. The molecule has 0 atom stereocenters. The molecule has 0 spiro atoms. The fourth-order valence-corrected chi connectivity index (χ4v) is 0. The van der Waals surface area contributed by atoms with Crippen molar-refractivity contribution in [1.82, 2.24) is 11.5 Å². The SMILES string of the molecule is C.C.CC.CNC.N. The van der Waals surface area contributed by atoms with E-state index in [1.807, 2.05) is 27.9 Å². The lowest BCUT2D eigenvalue weighted by Crippen LogP contribution is -1.89. The molecule has 0 saturated heterocycles. The van der Waals surface area contributed by atoms with Crippen LogP contribution in [0.5, 0.6) is 0 Å². The van der Waals surface area contributed by atoms with Gasteiger partial charge in [-0.2, -0.15) is 0 Å². The van der Waals surface area contributed by atoms with Crippen LogP contribution in [0, 0.1) is 0 Å². The standard InChI is InChI=1S/C2H7N.C2H6.2CH4.H3N/c1-3-2;1-2;;;/h3H,1-2H3;1-2H3;2*1H4;1H3. The first-order valence-electron chi connectivity index (χ1n) is 2.00. The molecule has 0 aromatic heterocycles. The van der Waals surface area contributed by atoms with E-state index in [-0.39, 0.29) is 21.0 Å². The Balaban J connectivity index is -0.00000000567. The largest absolute Gasteiger partial charge is 0.344 e. The van der Waals surface area contributed by atoms with Gasteiger partial charge in [-0.1, -0.05) is 28.7 Å². The van der Waals surface area contributed by atoms with Crippen molar-refractivity contribution < 1.29 is 0 Å². The first-order chi connectivity index (χ1) is 2.41. The van der Waals surface area contributed by atoms with Crippen LogP contribution in [-0.2, 0) is 0 Å². The van der Waals surface area contributed by atoms with E-state index in [2.05, 4.69) is 5.32 Å². The lowest BCUT2D eigenvalue weighted by Gasteiger charge is -1.59. The molecule has 0 fully saturated rings. The second kappa shape index (κ2) is 287. The molecule has 0 heterocycles. The topological polar surface area (TPSA) is 47.0 Å². The van der Waals surface area contributed by atoms with E-state index in [1.54, 1.807) is 0 Å². The molecule has 4 N–H and O–H groups in total. The van der Waals surface area contributed by atoms with Crippen molar-refractivity contribution in [2.24, 2.45) is 0 Å². The predicted molar refractivity (Wildman–Crippen MR) is 44.8 cm³/mol. The van der Waals surface area contributed by atoms with Crippen molar-refractivity contribution >= 4 is 0 Å². The molecule has 0 amide bonds. The van der Waals surface area contributed by atoms with Gasteiger partial charge in [0.05, 0.1) is 0 Å². The van der Waals surface area contributed by atoms with Crippen molar-refractivity contribution in [3.05, 3.63) is 0 Å². The van der Waals surface area contributed by atoms with Gasteiger partial charge in [0.1, 0.15) is 0 Å². The molecule has 0 bridgehead atoms. The van der Waals surface area contributed by atoms with E-state index >= 15 is 0 Å². The molecule has 0 aromatic rings. The number of hydrogen-bond donors (Lipinski definition) is 2. The molecule has 0 saturated carbocycles. The summed E-state index contributed by atoms with van der Waals surface area (Å²) >= 11 is 0. The summed E-state index contributed by atoms with van der Waals surface area (Å²) in [7, 11) is 3.75. The minimum atomic E-state index is 0. The van der Waals surface area contributed by atoms with Gasteiger partial charge < -0.3 is 11.5 Å². The fourth-order valence-electron chi connectivity index (χ4n) is 0. The van der Waals surface area contributed by atoms with Crippen molar-refractivity contribution in [2.45, 2.75) is 28.7 Å². The van der Waals surface area contributed by atoms with E-state index in [0.29, 0.717) is 0 Å². The summed E-state index contributed by atoms with van der Waals surface area (Å²) in [6.07, 6.45) is 0. The molecular weight excluding hydrogens is 100 g/mol. The quantitative estimate of drug-likeness (QED) is 0.520. The van der Waals surface area contributed by atoms with Crippen molar-refractivity contribution in [3.8, 4) is 0 Å². The minimum absolute atomic E-state index is 0. The molecule has 0 aromatic carbocycles. The Morgan fingerprint density at radius 1 is 0.875 bits per heavy atom. The maximum Gasteiger partial charge on any atom is -0.0167 e. The highest BCUT2D eigenvalue weighted by atomic mass is 14.7. The van der Waals surface area contributed by atoms with Crippen LogP contribution in [0.4, 0.5) is 0 Å². The third-order valence-electron chi connectivity index (χ3n) is 0. The van der Waals surface area contributed by atoms with Crippen LogP contribution >= 0.6 is 0 Å². The van der Waals surface area contributed by atoms with Crippen LogP contribution in [0.3, 0.4) is 0 Å². The summed E-state index contributed by atoms with van der Waals surface area (Å²) in [6.45, 7) is 4.00. The molecule has 0 rings (SSSR count). The highest BCUT2D eigenvalue weighted by Crippen LogP contribution is 1.14. The molecule has 58 valence electrons. The Bertz CT molecular complexity index is 6.49. The van der Waals surface area contributed by atoms with Gasteiger partial charge in [-0.3, -0.25) is 0 Å². The second-order valence-corrected chi connectivity index (χ2v) is 0.500. The number of rotatable bonds is 0.